The first-order valence-electron chi connectivity index (χ1n) is 12.6. The highest BCUT2D eigenvalue weighted by molar-refractivity contribution is 5.98. The van der Waals surface area contributed by atoms with Crippen molar-refractivity contribution in [2.75, 3.05) is 61.8 Å². The molecule has 2 fully saturated rings. The maximum absolute atomic E-state index is 14.2. The number of hydrogen-bond donors (Lipinski definition) is 2. The Morgan fingerprint density at radius 3 is 2.63 bits per heavy atom. The van der Waals surface area contributed by atoms with E-state index in [9.17, 15) is 14.0 Å². The van der Waals surface area contributed by atoms with Crippen molar-refractivity contribution in [3.8, 4) is 0 Å². The van der Waals surface area contributed by atoms with Crippen LogP contribution in [0.15, 0.2) is 36.4 Å². The summed E-state index contributed by atoms with van der Waals surface area (Å²) in [6.07, 6.45) is 2.40. The number of fused-ring (bicyclic) bond motifs is 1. The number of carbonyl (C=O) groups is 2. The largest absolute Gasteiger partial charge is 0.373 e. The van der Waals surface area contributed by atoms with E-state index in [1.54, 1.807) is 6.07 Å². The number of halogens is 1. The fourth-order valence-corrected chi connectivity index (χ4v) is 5.55. The summed E-state index contributed by atoms with van der Waals surface area (Å²) in [6.45, 7) is 6.80. The molecule has 3 heterocycles. The number of benzene rings is 2. The van der Waals surface area contributed by atoms with Gasteiger partial charge in [0.15, 0.2) is 0 Å². The van der Waals surface area contributed by atoms with Gasteiger partial charge in [-0.2, -0.15) is 0 Å². The predicted octanol–water partition coefficient (Wildman–Crippen LogP) is 3.10. The number of hydrogen-bond acceptors (Lipinski definition) is 5. The van der Waals surface area contributed by atoms with Crippen LogP contribution in [-0.2, 0) is 16.0 Å². The molecule has 3 aliphatic rings. The first kappa shape index (κ1) is 23.6. The van der Waals surface area contributed by atoms with Crippen LogP contribution in [0.25, 0.3) is 0 Å². The first-order valence-corrected chi connectivity index (χ1v) is 12.6. The van der Waals surface area contributed by atoms with Crippen LogP contribution in [0.1, 0.15) is 24.0 Å². The molecule has 0 bridgehead atoms. The fraction of sp³-hybridized carbons (Fsp3) is 0.481. The Bertz CT molecular complexity index is 1080. The maximum Gasteiger partial charge on any atom is 0.247 e. The number of nitrogens with one attached hydrogen (secondary N) is 2. The zero-order valence-corrected chi connectivity index (χ0v) is 20.5. The summed E-state index contributed by atoms with van der Waals surface area (Å²) in [7, 11) is 2.09. The number of carbonyl (C=O) groups excluding carboxylic acids is 2. The summed E-state index contributed by atoms with van der Waals surface area (Å²) >= 11 is 0. The molecule has 0 radical (unpaired) electrons. The zero-order chi connectivity index (χ0) is 24.5. The van der Waals surface area contributed by atoms with Crippen molar-refractivity contribution in [2.45, 2.75) is 32.2 Å². The van der Waals surface area contributed by atoms with Crippen LogP contribution >= 0.6 is 0 Å². The van der Waals surface area contributed by atoms with Crippen LogP contribution in [0.3, 0.4) is 0 Å². The van der Waals surface area contributed by atoms with Gasteiger partial charge in [-0.15, -0.1) is 0 Å². The van der Waals surface area contributed by atoms with Crippen LogP contribution in [-0.4, -0.2) is 74.0 Å². The summed E-state index contributed by atoms with van der Waals surface area (Å²) in [6, 6.07) is 10.5. The lowest BCUT2D eigenvalue weighted by Crippen LogP contribution is -2.52. The van der Waals surface area contributed by atoms with Crippen molar-refractivity contribution in [3.05, 3.63) is 53.3 Å². The number of aryl methyl sites for hydroxylation is 1. The monoisotopic (exact) mass is 479 g/mol. The molecule has 2 aromatic rings. The summed E-state index contributed by atoms with van der Waals surface area (Å²) in [4.78, 5) is 32.4. The zero-order valence-electron chi connectivity index (χ0n) is 20.5. The highest BCUT2D eigenvalue weighted by atomic mass is 19.1. The van der Waals surface area contributed by atoms with Crippen molar-refractivity contribution in [1.29, 1.82) is 0 Å². The van der Waals surface area contributed by atoms with Gasteiger partial charge in [-0.25, -0.2) is 4.39 Å². The number of anilines is 3. The number of likely N-dealkylation sites (tertiary alicyclic amines) is 1. The highest BCUT2D eigenvalue weighted by Gasteiger charge is 2.31. The maximum atomic E-state index is 14.2. The topological polar surface area (TPSA) is 67.9 Å². The molecule has 2 amide bonds. The van der Waals surface area contributed by atoms with Crippen molar-refractivity contribution >= 4 is 28.9 Å². The Balaban J connectivity index is 1.17. The quantitative estimate of drug-likeness (QED) is 0.706. The molecule has 0 spiro atoms. The molecular weight excluding hydrogens is 445 g/mol. The van der Waals surface area contributed by atoms with E-state index in [0.29, 0.717) is 30.8 Å². The van der Waals surface area contributed by atoms with E-state index < -0.39 is 6.04 Å². The molecule has 2 atom stereocenters. The summed E-state index contributed by atoms with van der Waals surface area (Å²) in [5.41, 5.74) is 3.98. The van der Waals surface area contributed by atoms with Crippen LogP contribution < -0.4 is 15.5 Å². The van der Waals surface area contributed by atoms with Crippen molar-refractivity contribution < 1.29 is 14.0 Å². The Hall–Kier alpha value is -3.13. The minimum absolute atomic E-state index is 0.117. The molecule has 5 rings (SSSR count). The van der Waals surface area contributed by atoms with E-state index in [-0.39, 0.29) is 23.5 Å². The van der Waals surface area contributed by atoms with Gasteiger partial charge in [0.1, 0.15) is 11.9 Å². The molecule has 0 aliphatic carbocycles. The first-order chi connectivity index (χ1) is 16.9. The van der Waals surface area contributed by atoms with E-state index in [2.05, 4.69) is 27.5 Å². The number of piperazine rings is 1. The lowest BCUT2D eigenvalue weighted by Gasteiger charge is -2.39. The molecule has 2 unspecified atom stereocenters. The third kappa shape index (κ3) is 4.98. The Kier molecular flexibility index (Phi) is 6.65. The SMILES string of the molecule is Cc1ccc(F)c2c1NC(C(=O)Nc1cccc(N3CCN(C(=O)C4CCCN(C)C4)CC3)c1)C2. The van der Waals surface area contributed by atoms with Crippen molar-refractivity contribution in [1.82, 2.24) is 9.80 Å². The van der Waals surface area contributed by atoms with Crippen LogP contribution in [0.2, 0.25) is 0 Å². The van der Waals surface area contributed by atoms with E-state index in [4.69, 9.17) is 0 Å². The Morgan fingerprint density at radius 1 is 1.09 bits per heavy atom. The lowest BCUT2D eigenvalue weighted by molar-refractivity contribution is -0.137. The van der Waals surface area contributed by atoms with Crippen molar-refractivity contribution in [2.24, 2.45) is 5.92 Å². The van der Waals surface area contributed by atoms with Crippen LogP contribution in [0.5, 0.6) is 0 Å². The normalized spacial score (nSPS) is 22.5. The summed E-state index contributed by atoms with van der Waals surface area (Å²) < 4.78 is 14.2. The number of amides is 2. The smallest absolute Gasteiger partial charge is 0.247 e. The van der Waals surface area contributed by atoms with Gasteiger partial charge in [0.25, 0.3) is 0 Å². The molecule has 0 aromatic heterocycles. The molecule has 186 valence electrons. The summed E-state index contributed by atoms with van der Waals surface area (Å²) in [5.74, 6) is -0.0473. The molecule has 7 nitrogen and oxygen atoms in total. The molecule has 8 heteroatoms. The standard InChI is InChI=1S/C27H34FN5O2/c1-18-8-9-23(28)22-16-24(30-25(18)22)26(34)29-20-6-3-7-21(15-20)32-11-13-33(14-12-32)27(35)19-5-4-10-31(2)17-19/h3,6-9,15,19,24,30H,4-5,10-14,16-17H2,1-2H3,(H,29,34). The van der Waals surface area contributed by atoms with Crippen molar-refractivity contribution in [3.63, 3.8) is 0 Å². The fourth-order valence-electron chi connectivity index (χ4n) is 5.55. The number of piperidine rings is 1. The molecule has 2 saturated heterocycles. The summed E-state index contributed by atoms with van der Waals surface area (Å²) in [5, 5.41) is 6.18. The minimum atomic E-state index is -0.502. The van der Waals surface area contributed by atoms with Gasteiger partial charge >= 0.3 is 0 Å². The van der Waals surface area contributed by atoms with Gasteiger partial charge in [-0.1, -0.05) is 12.1 Å². The van der Waals surface area contributed by atoms with E-state index >= 15 is 0 Å². The van der Waals surface area contributed by atoms with Crippen LogP contribution in [0.4, 0.5) is 21.5 Å². The molecule has 0 saturated carbocycles. The second-order valence-corrected chi connectivity index (χ2v) is 10.1. The highest BCUT2D eigenvalue weighted by Crippen LogP contribution is 2.32. The van der Waals surface area contributed by atoms with Gasteiger partial charge in [-0.3, -0.25) is 9.59 Å². The molecule has 2 aromatic carbocycles. The minimum Gasteiger partial charge on any atom is -0.373 e. The third-order valence-corrected chi connectivity index (χ3v) is 7.55. The second kappa shape index (κ2) is 9.85. The number of nitrogens with zero attached hydrogens (tertiary/aromatic N) is 3. The van der Waals surface area contributed by atoms with Gasteiger partial charge in [0.2, 0.25) is 11.8 Å². The van der Waals surface area contributed by atoms with Gasteiger partial charge in [-0.05, 0) is 63.2 Å². The average Bonchev–Trinajstić information content (AvgIpc) is 3.34. The van der Waals surface area contributed by atoms with E-state index in [0.717, 1.165) is 56.0 Å². The Labute approximate surface area is 206 Å². The lowest BCUT2D eigenvalue weighted by atomic mass is 9.96. The van der Waals surface area contributed by atoms with Gasteiger partial charge in [0, 0.05) is 61.8 Å². The van der Waals surface area contributed by atoms with Gasteiger partial charge < -0.3 is 25.3 Å². The number of rotatable bonds is 4. The predicted molar refractivity (Wildman–Crippen MR) is 136 cm³/mol. The van der Waals surface area contributed by atoms with Crippen LogP contribution in [0, 0.1) is 18.7 Å². The van der Waals surface area contributed by atoms with E-state index in [1.807, 2.05) is 36.1 Å². The molecular formula is C27H34FN5O2. The van der Waals surface area contributed by atoms with E-state index in [1.165, 1.54) is 6.07 Å². The third-order valence-electron chi connectivity index (χ3n) is 7.55. The Morgan fingerprint density at radius 2 is 1.89 bits per heavy atom. The van der Waals surface area contributed by atoms with Gasteiger partial charge in [0.05, 0.1) is 5.92 Å². The average molecular weight is 480 g/mol. The second-order valence-electron chi connectivity index (χ2n) is 10.1. The molecule has 2 N–H and O–H groups in total. The molecule has 35 heavy (non-hydrogen) atoms. The molecule has 3 aliphatic heterocycles.